The summed E-state index contributed by atoms with van der Waals surface area (Å²) in [7, 11) is 3.14. The molecule has 8 heteroatoms. The first kappa shape index (κ1) is 24.1. The van der Waals surface area contributed by atoms with Crippen molar-refractivity contribution < 1.29 is 23.9 Å². The Morgan fingerprint density at radius 1 is 1.03 bits per heavy atom. The number of nitro groups is 1. The van der Waals surface area contributed by atoms with Crippen molar-refractivity contribution in [2.24, 2.45) is 0 Å². The lowest BCUT2D eigenvalue weighted by atomic mass is 9.91. The first-order chi connectivity index (χ1) is 16.8. The van der Waals surface area contributed by atoms with Gasteiger partial charge in [0.05, 0.1) is 25.2 Å². The molecule has 0 N–H and O–H groups in total. The Morgan fingerprint density at radius 3 is 2.34 bits per heavy atom. The van der Waals surface area contributed by atoms with Gasteiger partial charge in [-0.2, -0.15) is 0 Å². The van der Waals surface area contributed by atoms with E-state index in [1.54, 1.807) is 31.3 Å². The Labute approximate surface area is 204 Å². The third kappa shape index (κ3) is 4.91. The molecule has 3 aromatic carbocycles. The van der Waals surface area contributed by atoms with Gasteiger partial charge >= 0.3 is 0 Å². The van der Waals surface area contributed by atoms with Crippen LogP contribution in [0.1, 0.15) is 38.7 Å². The van der Waals surface area contributed by atoms with Crippen LogP contribution in [0, 0.1) is 24.0 Å². The average molecular weight is 477 g/mol. The van der Waals surface area contributed by atoms with Gasteiger partial charge in [-0.25, -0.2) is 0 Å². The summed E-state index contributed by atoms with van der Waals surface area (Å²) in [4.78, 5) is 26.4. The van der Waals surface area contributed by atoms with Crippen LogP contribution in [0.15, 0.2) is 54.6 Å². The number of hydrogen-bond donors (Lipinski definition) is 0. The quantitative estimate of drug-likeness (QED) is 0.350. The van der Waals surface area contributed by atoms with Crippen LogP contribution in [0.5, 0.6) is 17.2 Å². The Morgan fingerprint density at radius 2 is 1.69 bits per heavy atom. The van der Waals surface area contributed by atoms with Crippen molar-refractivity contribution in [2.75, 3.05) is 27.4 Å². The van der Waals surface area contributed by atoms with E-state index in [9.17, 15) is 14.9 Å². The standard InChI is InChI=1S/C27H28N2O6/c1-17-11-18(2)13-20(12-17)35-16-24-22-15-26(34-4)25(33-3)14-19(22)9-10-28(24)27(30)21-7-5-6-8-23(21)29(31)32/h5-8,11-15,24H,9-10,16H2,1-4H3/t24-/m1/s1. The summed E-state index contributed by atoms with van der Waals surface area (Å²) in [5, 5.41) is 11.6. The fourth-order valence-corrected chi connectivity index (χ4v) is 4.61. The van der Waals surface area contributed by atoms with Crippen LogP contribution in [0.2, 0.25) is 0 Å². The lowest BCUT2D eigenvalue weighted by molar-refractivity contribution is -0.385. The maximum atomic E-state index is 13.7. The molecule has 1 amide bonds. The third-order valence-corrected chi connectivity index (χ3v) is 6.20. The molecule has 0 saturated carbocycles. The molecule has 182 valence electrons. The lowest BCUT2D eigenvalue weighted by Gasteiger charge is -2.37. The van der Waals surface area contributed by atoms with E-state index in [0.29, 0.717) is 30.2 Å². The number of rotatable bonds is 7. The van der Waals surface area contributed by atoms with Crippen LogP contribution in [0.25, 0.3) is 0 Å². The summed E-state index contributed by atoms with van der Waals surface area (Å²) in [6, 6.07) is 15.3. The summed E-state index contributed by atoms with van der Waals surface area (Å²) >= 11 is 0. The van der Waals surface area contributed by atoms with Gasteiger partial charge in [-0.3, -0.25) is 14.9 Å². The van der Waals surface area contributed by atoms with Gasteiger partial charge in [-0.05, 0) is 72.9 Å². The highest BCUT2D eigenvalue weighted by Crippen LogP contribution is 2.39. The van der Waals surface area contributed by atoms with Gasteiger partial charge in [0.15, 0.2) is 11.5 Å². The SMILES string of the molecule is COc1cc2c(cc1OC)[C@@H](COc1cc(C)cc(C)c1)N(C(=O)c1ccccc1[N+](=O)[O-])CC2. The zero-order chi connectivity index (χ0) is 25.1. The van der Waals surface area contributed by atoms with Crippen molar-refractivity contribution in [3.8, 4) is 17.2 Å². The number of methoxy groups -OCH3 is 2. The average Bonchev–Trinajstić information content (AvgIpc) is 2.85. The summed E-state index contributed by atoms with van der Waals surface area (Å²) in [6.07, 6.45) is 0.572. The first-order valence-corrected chi connectivity index (χ1v) is 11.3. The number of aryl methyl sites for hydroxylation is 2. The van der Waals surface area contributed by atoms with Crippen molar-refractivity contribution in [3.63, 3.8) is 0 Å². The highest BCUT2D eigenvalue weighted by Gasteiger charge is 2.35. The normalized spacial score (nSPS) is 14.7. The Bertz CT molecular complexity index is 1250. The van der Waals surface area contributed by atoms with Gasteiger partial charge in [-0.15, -0.1) is 0 Å². The van der Waals surface area contributed by atoms with Gasteiger partial charge in [-0.1, -0.05) is 18.2 Å². The second-order valence-corrected chi connectivity index (χ2v) is 8.58. The molecule has 1 heterocycles. The number of ether oxygens (including phenoxy) is 3. The molecule has 0 unspecified atom stereocenters. The molecule has 1 aliphatic rings. The zero-order valence-corrected chi connectivity index (χ0v) is 20.2. The fourth-order valence-electron chi connectivity index (χ4n) is 4.61. The number of benzene rings is 3. The summed E-state index contributed by atoms with van der Waals surface area (Å²) in [6.45, 7) is 4.56. The number of fused-ring (bicyclic) bond motifs is 1. The molecule has 1 aliphatic heterocycles. The monoisotopic (exact) mass is 476 g/mol. The number of para-hydroxylation sites is 1. The Hall–Kier alpha value is -4.07. The first-order valence-electron chi connectivity index (χ1n) is 11.3. The molecule has 0 fully saturated rings. The zero-order valence-electron chi connectivity index (χ0n) is 20.2. The van der Waals surface area contributed by atoms with E-state index in [1.807, 2.05) is 38.1 Å². The fraction of sp³-hybridized carbons (Fsp3) is 0.296. The van der Waals surface area contributed by atoms with E-state index in [-0.39, 0.29) is 17.9 Å². The molecule has 3 aromatic rings. The number of carbonyl (C=O) groups excluding carboxylic acids is 1. The van der Waals surface area contributed by atoms with E-state index in [1.165, 1.54) is 12.1 Å². The number of hydrogen-bond acceptors (Lipinski definition) is 6. The summed E-state index contributed by atoms with van der Waals surface area (Å²) in [5.41, 5.74) is 3.86. The molecule has 0 bridgehead atoms. The minimum absolute atomic E-state index is 0.0535. The summed E-state index contributed by atoms with van der Waals surface area (Å²) in [5.74, 6) is 1.45. The molecule has 35 heavy (non-hydrogen) atoms. The molecule has 0 spiro atoms. The maximum Gasteiger partial charge on any atom is 0.282 e. The van der Waals surface area contributed by atoms with Crippen molar-refractivity contribution in [2.45, 2.75) is 26.3 Å². The Balaban J connectivity index is 1.75. The van der Waals surface area contributed by atoms with E-state index < -0.39 is 16.9 Å². The van der Waals surface area contributed by atoms with Gasteiger partial charge in [0, 0.05) is 12.6 Å². The molecule has 1 atom stereocenters. The number of nitro benzene ring substituents is 1. The third-order valence-electron chi connectivity index (χ3n) is 6.20. The molecule has 0 aliphatic carbocycles. The second kappa shape index (κ2) is 10.0. The topological polar surface area (TPSA) is 91.1 Å². The molecule has 0 aromatic heterocycles. The molecule has 4 rings (SSSR count). The molecule has 8 nitrogen and oxygen atoms in total. The number of carbonyl (C=O) groups is 1. The molecular weight excluding hydrogens is 448 g/mol. The predicted octanol–water partition coefficient (Wildman–Crippen LogP) is 5.05. The van der Waals surface area contributed by atoms with Crippen LogP contribution >= 0.6 is 0 Å². The van der Waals surface area contributed by atoms with E-state index >= 15 is 0 Å². The van der Waals surface area contributed by atoms with Gasteiger partial charge < -0.3 is 19.1 Å². The van der Waals surface area contributed by atoms with Crippen LogP contribution in [0.4, 0.5) is 5.69 Å². The van der Waals surface area contributed by atoms with Crippen molar-refractivity contribution in [1.82, 2.24) is 4.90 Å². The minimum atomic E-state index is -0.528. The van der Waals surface area contributed by atoms with E-state index in [0.717, 1.165) is 22.3 Å². The van der Waals surface area contributed by atoms with Crippen LogP contribution in [-0.2, 0) is 6.42 Å². The molecule has 0 saturated heterocycles. The highest BCUT2D eigenvalue weighted by molar-refractivity contribution is 5.98. The van der Waals surface area contributed by atoms with Crippen LogP contribution in [-0.4, -0.2) is 43.1 Å². The van der Waals surface area contributed by atoms with Crippen molar-refractivity contribution in [3.05, 3.63) is 92.5 Å². The van der Waals surface area contributed by atoms with Crippen molar-refractivity contribution >= 4 is 11.6 Å². The molecule has 0 radical (unpaired) electrons. The number of amides is 1. The minimum Gasteiger partial charge on any atom is -0.493 e. The van der Waals surface area contributed by atoms with Gasteiger partial charge in [0.2, 0.25) is 0 Å². The van der Waals surface area contributed by atoms with E-state index in [4.69, 9.17) is 14.2 Å². The summed E-state index contributed by atoms with van der Waals surface area (Å²) < 4.78 is 17.2. The van der Waals surface area contributed by atoms with Crippen LogP contribution in [0.3, 0.4) is 0 Å². The van der Waals surface area contributed by atoms with Gasteiger partial charge in [0.1, 0.15) is 17.9 Å². The Kier molecular flexibility index (Phi) is 6.91. The van der Waals surface area contributed by atoms with E-state index in [2.05, 4.69) is 6.07 Å². The van der Waals surface area contributed by atoms with Crippen molar-refractivity contribution in [1.29, 1.82) is 0 Å². The predicted molar refractivity (Wildman–Crippen MR) is 132 cm³/mol. The number of nitrogens with zero attached hydrogens (tertiary/aromatic N) is 2. The second-order valence-electron chi connectivity index (χ2n) is 8.58. The smallest absolute Gasteiger partial charge is 0.282 e. The molecular formula is C27H28N2O6. The largest absolute Gasteiger partial charge is 0.493 e. The highest BCUT2D eigenvalue weighted by atomic mass is 16.6. The maximum absolute atomic E-state index is 13.7. The lowest BCUT2D eigenvalue weighted by Crippen LogP contribution is -2.42. The van der Waals surface area contributed by atoms with Gasteiger partial charge in [0.25, 0.3) is 11.6 Å². The van der Waals surface area contributed by atoms with Crippen LogP contribution < -0.4 is 14.2 Å².